The number of aliphatic hydroxyl groups excluding tert-OH is 4. The number of carbonyl (C=O) groups excluding carboxylic acids is 1. The SMILES string of the molecule is CCCOC(=O)[C@H](O)[C@@H](O)[C@@H](O)[C@H](O)C(=O)O. The minimum absolute atomic E-state index is 0.0141. The summed E-state index contributed by atoms with van der Waals surface area (Å²) in [5.74, 6) is -2.98. The molecule has 0 aliphatic carbocycles. The Bertz CT molecular complexity index is 266. The van der Waals surface area contributed by atoms with Crippen LogP contribution in [0.4, 0.5) is 0 Å². The molecular weight excluding hydrogens is 236 g/mol. The van der Waals surface area contributed by atoms with Crippen LogP contribution in [0.25, 0.3) is 0 Å². The molecule has 5 N–H and O–H groups in total. The fourth-order valence-electron chi connectivity index (χ4n) is 0.947. The molecular formula is C9H16O8. The summed E-state index contributed by atoms with van der Waals surface area (Å²) in [6, 6.07) is 0. The van der Waals surface area contributed by atoms with Crippen LogP contribution in [0.2, 0.25) is 0 Å². The molecule has 0 aromatic rings. The van der Waals surface area contributed by atoms with Gasteiger partial charge in [-0.25, -0.2) is 9.59 Å². The van der Waals surface area contributed by atoms with E-state index in [0.29, 0.717) is 6.42 Å². The average molecular weight is 252 g/mol. The zero-order chi connectivity index (χ0) is 13.6. The smallest absolute Gasteiger partial charge is 0.337 e. The number of aliphatic carboxylic acids is 1. The molecule has 0 heterocycles. The van der Waals surface area contributed by atoms with Gasteiger partial charge in [0.15, 0.2) is 12.2 Å². The summed E-state index contributed by atoms with van der Waals surface area (Å²) in [6.07, 6.45) is -8.28. The average Bonchev–Trinajstić information content (AvgIpc) is 2.31. The van der Waals surface area contributed by atoms with E-state index in [9.17, 15) is 19.8 Å². The first-order valence-corrected chi connectivity index (χ1v) is 4.94. The highest BCUT2D eigenvalue weighted by Crippen LogP contribution is 2.07. The highest BCUT2D eigenvalue weighted by Gasteiger charge is 2.38. The number of carboxylic acid groups (broad SMARTS) is 1. The third kappa shape index (κ3) is 4.65. The maximum absolute atomic E-state index is 11.1. The van der Waals surface area contributed by atoms with Crippen LogP contribution in [0.3, 0.4) is 0 Å². The molecule has 0 unspecified atom stereocenters. The van der Waals surface area contributed by atoms with E-state index in [2.05, 4.69) is 4.74 Å². The van der Waals surface area contributed by atoms with Crippen LogP contribution in [0, 0.1) is 0 Å². The topological polar surface area (TPSA) is 145 Å². The summed E-state index contributed by atoms with van der Waals surface area (Å²) in [5, 5.41) is 44.9. The van der Waals surface area contributed by atoms with Gasteiger partial charge in [-0.05, 0) is 6.42 Å². The molecule has 0 fully saturated rings. The van der Waals surface area contributed by atoms with Gasteiger partial charge in [0, 0.05) is 0 Å². The molecule has 0 amide bonds. The molecule has 0 saturated heterocycles. The first kappa shape index (κ1) is 15.8. The number of hydrogen-bond acceptors (Lipinski definition) is 7. The molecule has 100 valence electrons. The number of esters is 1. The van der Waals surface area contributed by atoms with E-state index in [4.69, 9.17) is 15.3 Å². The Morgan fingerprint density at radius 2 is 1.53 bits per heavy atom. The lowest BCUT2D eigenvalue weighted by atomic mass is 10.0. The van der Waals surface area contributed by atoms with E-state index in [1.54, 1.807) is 6.92 Å². The molecule has 0 radical (unpaired) electrons. The van der Waals surface area contributed by atoms with E-state index in [0.717, 1.165) is 0 Å². The molecule has 8 heteroatoms. The highest BCUT2D eigenvalue weighted by atomic mass is 16.5. The van der Waals surface area contributed by atoms with Crippen molar-refractivity contribution in [1.82, 2.24) is 0 Å². The minimum atomic E-state index is -2.31. The lowest BCUT2D eigenvalue weighted by molar-refractivity contribution is -0.176. The van der Waals surface area contributed by atoms with Crippen molar-refractivity contribution in [2.45, 2.75) is 37.8 Å². The minimum Gasteiger partial charge on any atom is -0.479 e. The molecule has 0 rings (SSSR count). The van der Waals surface area contributed by atoms with E-state index in [1.165, 1.54) is 0 Å². The fraction of sp³-hybridized carbons (Fsp3) is 0.778. The second-order valence-electron chi connectivity index (χ2n) is 3.38. The number of ether oxygens (including phenoxy) is 1. The van der Waals surface area contributed by atoms with E-state index >= 15 is 0 Å². The van der Waals surface area contributed by atoms with Crippen LogP contribution >= 0.6 is 0 Å². The predicted octanol–water partition coefficient (Wildman–Crippen LogP) is -2.53. The molecule has 17 heavy (non-hydrogen) atoms. The summed E-state index contributed by atoms with van der Waals surface area (Å²) >= 11 is 0. The second-order valence-corrected chi connectivity index (χ2v) is 3.38. The van der Waals surface area contributed by atoms with Crippen molar-refractivity contribution in [3.05, 3.63) is 0 Å². The van der Waals surface area contributed by atoms with Crippen molar-refractivity contribution in [1.29, 1.82) is 0 Å². The summed E-state index contributed by atoms with van der Waals surface area (Å²) < 4.78 is 4.48. The van der Waals surface area contributed by atoms with Gasteiger partial charge >= 0.3 is 11.9 Å². The molecule has 0 spiro atoms. The van der Waals surface area contributed by atoms with Crippen LogP contribution in [-0.2, 0) is 14.3 Å². The Kier molecular flexibility index (Phi) is 6.66. The molecule has 0 aromatic carbocycles. The lowest BCUT2D eigenvalue weighted by Crippen LogP contribution is -2.50. The van der Waals surface area contributed by atoms with Gasteiger partial charge in [-0.2, -0.15) is 0 Å². The molecule has 0 saturated carbocycles. The van der Waals surface area contributed by atoms with Gasteiger partial charge in [0.2, 0.25) is 0 Å². The number of rotatable bonds is 7. The van der Waals surface area contributed by atoms with E-state index < -0.39 is 36.4 Å². The molecule has 0 aliphatic heterocycles. The van der Waals surface area contributed by atoms with E-state index in [1.807, 2.05) is 0 Å². The summed E-state index contributed by atoms with van der Waals surface area (Å²) in [5.41, 5.74) is 0. The number of aliphatic hydroxyl groups is 4. The maximum atomic E-state index is 11.1. The molecule has 0 bridgehead atoms. The Hall–Kier alpha value is -1.22. The Labute approximate surface area is 97.1 Å². The zero-order valence-corrected chi connectivity index (χ0v) is 9.18. The Balaban J connectivity index is 4.42. The van der Waals surface area contributed by atoms with Gasteiger partial charge in [0.1, 0.15) is 12.2 Å². The number of carboxylic acids is 1. The van der Waals surface area contributed by atoms with Gasteiger partial charge < -0.3 is 30.3 Å². The highest BCUT2D eigenvalue weighted by molar-refractivity contribution is 5.76. The summed E-state index contributed by atoms with van der Waals surface area (Å²) in [4.78, 5) is 21.4. The second kappa shape index (κ2) is 7.17. The molecule has 4 atom stereocenters. The van der Waals surface area contributed by atoms with Gasteiger partial charge in [-0.3, -0.25) is 0 Å². The first-order valence-electron chi connectivity index (χ1n) is 4.94. The molecule has 8 nitrogen and oxygen atoms in total. The molecule has 0 aromatic heterocycles. The van der Waals surface area contributed by atoms with Gasteiger partial charge in [0.25, 0.3) is 0 Å². The summed E-state index contributed by atoms with van der Waals surface area (Å²) in [7, 11) is 0. The van der Waals surface area contributed by atoms with Crippen molar-refractivity contribution in [3.63, 3.8) is 0 Å². The Morgan fingerprint density at radius 1 is 1.06 bits per heavy atom. The standard InChI is InChI=1S/C9H16O8/c1-2-3-17-9(16)7(13)5(11)4(10)6(12)8(14)15/h4-7,10-13H,2-3H2,1H3,(H,14,15)/t4-,5+,6+,7-/m1/s1. The monoisotopic (exact) mass is 252 g/mol. The van der Waals surface area contributed by atoms with Crippen LogP contribution in [0.1, 0.15) is 13.3 Å². The van der Waals surface area contributed by atoms with Crippen molar-refractivity contribution in [2.75, 3.05) is 6.61 Å². The zero-order valence-electron chi connectivity index (χ0n) is 9.18. The largest absolute Gasteiger partial charge is 0.479 e. The lowest BCUT2D eigenvalue weighted by Gasteiger charge is -2.23. The predicted molar refractivity (Wildman–Crippen MR) is 52.9 cm³/mol. The van der Waals surface area contributed by atoms with Crippen LogP contribution in [0.15, 0.2) is 0 Å². The summed E-state index contributed by atoms with van der Waals surface area (Å²) in [6.45, 7) is 1.72. The third-order valence-electron chi connectivity index (χ3n) is 1.94. The van der Waals surface area contributed by atoms with Gasteiger partial charge in [0.05, 0.1) is 6.61 Å². The maximum Gasteiger partial charge on any atom is 0.337 e. The molecule has 0 aliphatic rings. The van der Waals surface area contributed by atoms with Crippen molar-refractivity contribution in [3.8, 4) is 0 Å². The Morgan fingerprint density at radius 3 is 1.94 bits per heavy atom. The third-order valence-corrected chi connectivity index (χ3v) is 1.94. The van der Waals surface area contributed by atoms with Crippen molar-refractivity contribution in [2.24, 2.45) is 0 Å². The van der Waals surface area contributed by atoms with Crippen LogP contribution < -0.4 is 0 Å². The normalized spacial score (nSPS) is 17.9. The number of hydrogen-bond donors (Lipinski definition) is 5. The van der Waals surface area contributed by atoms with Gasteiger partial charge in [-0.1, -0.05) is 6.92 Å². The first-order chi connectivity index (χ1) is 7.82. The van der Waals surface area contributed by atoms with Crippen molar-refractivity contribution >= 4 is 11.9 Å². The quantitative estimate of drug-likeness (QED) is 0.312. The van der Waals surface area contributed by atoms with Crippen molar-refractivity contribution < 1.29 is 39.9 Å². The number of carbonyl (C=O) groups is 2. The van der Waals surface area contributed by atoms with Gasteiger partial charge in [-0.15, -0.1) is 0 Å². The van der Waals surface area contributed by atoms with Crippen LogP contribution in [0.5, 0.6) is 0 Å². The van der Waals surface area contributed by atoms with Crippen LogP contribution in [-0.4, -0.2) is 68.5 Å². The van der Waals surface area contributed by atoms with E-state index in [-0.39, 0.29) is 6.61 Å². The fourth-order valence-corrected chi connectivity index (χ4v) is 0.947.